The molecule has 29 valence electrons. The Hall–Kier alpha value is 2.47. The van der Waals surface area contributed by atoms with Gasteiger partial charge in [-0.25, -0.2) is 0 Å². The summed E-state index contributed by atoms with van der Waals surface area (Å²) >= 11 is 0. The van der Waals surface area contributed by atoms with Gasteiger partial charge in [0.2, 0.25) is 0 Å². The van der Waals surface area contributed by atoms with Gasteiger partial charge in [-0.1, -0.05) is 0 Å². The van der Waals surface area contributed by atoms with Crippen LogP contribution in [0.25, 0.3) is 0 Å². The third-order valence-corrected chi connectivity index (χ3v) is 0. The maximum atomic E-state index is 0. The molecule has 3 radical (unpaired) electrons. The standard InChI is InChI=1S/Co.Mo.Pb.H2S.2H/h;;;1H2;;. The summed E-state index contributed by atoms with van der Waals surface area (Å²) in [5, 5.41) is 0. The predicted molar refractivity (Wildman–Crippen MR) is 18.9 cm³/mol. The van der Waals surface area contributed by atoms with Crippen molar-refractivity contribution in [2.75, 3.05) is 0 Å². The molecule has 0 aromatic carbocycles. The van der Waals surface area contributed by atoms with Crippen LogP contribution in [0.5, 0.6) is 0 Å². The van der Waals surface area contributed by atoms with Crippen molar-refractivity contribution in [2.24, 2.45) is 0 Å². The first-order valence-electron chi connectivity index (χ1n) is 0. The van der Waals surface area contributed by atoms with Crippen molar-refractivity contribution < 1.29 is 37.8 Å². The van der Waals surface area contributed by atoms with E-state index in [2.05, 4.69) is 0 Å². The summed E-state index contributed by atoms with van der Waals surface area (Å²) in [7, 11) is 0. The van der Waals surface area contributed by atoms with Crippen LogP contribution in [0.3, 0.4) is 0 Å². The maximum absolute atomic E-state index is 0. The molecule has 0 amide bonds. The second kappa shape index (κ2) is 17.9. The SMILES string of the molecule is S.[Co].[Mo].[PbH2]. The van der Waals surface area contributed by atoms with Crippen LogP contribution in [0.1, 0.15) is 0 Å². The molecule has 0 fully saturated rings. The summed E-state index contributed by atoms with van der Waals surface area (Å²) in [5.74, 6) is 0. The molecular formula is H4CoMoPbS. The fourth-order valence-corrected chi connectivity index (χ4v) is 0. The van der Waals surface area contributed by atoms with Gasteiger partial charge in [0.1, 0.15) is 0 Å². The van der Waals surface area contributed by atoms with Crippen LogP contribution < -0.4 is 0 Å². The van der Waals surface area contributed by atoms with Gasteiger partial charge in [-0.05, 0) is 0 Å². The molecule has 0 atom stereocenters. The molecule has 0 rings (SSSR count). The van der Waals surface area contributed by atoms with E-state index in [-0.39, 0.29) is 78.6 Å². The molecule has 4 heavy (non-hydrogen) atoms. The Balaban J connectivity index is 0. The topological polar surface area (TPSA) is 0 Å². The van der Waals surface area contributed by atoms with Crippen LogP contribution in [-0.2, 0) is 37.8 Å². The van der Waals surface area contributed by atoms with Gasteiger partial charge in [0.05, 0.1) is 0 Å². The quantitative estimate of drug-likeness (QED) is 0.469. The molecule has 0 nitrogen and oxygen atoms in total. The van der Waals surface area contributed by atoms with Crippen LogP contribution in [-0.4, -0.2) is 27.3 Å². The van der Waals surface area contributed by atoms with Crippen LogP contribution >= 0.6 is 13.5 Å². The van der Waals surface area contributed by atoms with Crippen molar-refractivity contribution in [3.05, 3.63) is 0 Å². The van der Waals surface area contributed by atoms with Gasteiger partial charge >= 0.3 is 27.3 Å². The van der Waals surface area contributed by atoms with Crippen molar-refractivity contribution in [3.8, 4) is 0 Å². The second-order valence-electron chi connectivity index (χ2n) is 0. The van der Waals surface area contributed by atoms with E-state index < -0.39 is 0 Å². The zero-order valence-electron chi connectivity index (χ0n) is 1.95. The summed E-state index contributed by atoms with van der Waals surface area (Å²) in [6.45, 7) is 0. The van der Waals surface area contributed by atoms with E-state index in [1.165, 1.54) is 0 Å². The van der Waals surface area contributed by atoms with Crippen LogP contribution in [0.15, 0.2) is 0 Å². The van der Waals surface area contributed by atoms with Gasteiger partial charge in [0, 0.05) is 37.8 Å². The van der Waals surface area contributed by atoms with Crippen LogP contribution in [0.2, 0.25) is 0 Å². The van der Waals surface area contributed by atoms with Gasteiger partial charge < -0.3 is 0 Å². The molecule has 0 aromatic rings. The minimum atomic E-state index is 0. The van der Waals surface area contributed by atoms with E-state index in [4.69, 9.17) is 0 Å². The summed E-state index contributed by atoms with van der Waals surface area (Å²) < 4.78 is 0. The minimum absolute atomic E-state index is 0. The molecule has 0 aliphatic rings. The van der Waals surface area contributed by atoms with Crippen molar-refractivity contribution in [3.63, 3.8) is 0 Å². The van der Waals surface area contributed by atoms with Gasteiger partial charge in [-0.15, -0.1) is 0 Å². The number of hydrogen-bond acceptors (Lipinski definition) is 0. The molecule has 4 heteroatoms. The van der Waals surface area contributed by atoms with E-state index in [1.807, 2.05) is 0 Å². The summed E-state index contributed by atoms with van der Waals surface area (Å²) in [4.78, 5) is 0. The summed E-state index contributed by atoms with van der Waals surface area (Å²) in [6.07, 6.45) is 0. The Morgan fingerprint density at radius 2 is 1.00 bits per heavy atom. The van der Waals surface area contributed by atoms with E-state index in [9.17, 15) is 0 Å². The van der Waals surface area contributed by atoms with Crippen LogP contribution in [0, 0.1) is 0 Å². The third-order valence-electron chi connectivity index (χ3n) is 0. The molecule has 0 spiro atoms. The molecule has 0 aliphatic carbocycles. The molecule has 0 saturated heterocycles. The van der Waals surface area contributed by atoms with Gasteiger partial charge in [0.15, 0.2) is 0 Å². The molecule has 0 aliphatic heterocycles. The monoisotopic (exact) mass is 401 g/mol. The van der Waals surface area contributed by atoms with Gasteiger partial charge in [-0.3, -0.25) is 0 Å². The average Bonchev–Trinajstić information content (AvgIpc) is 0. The van der Waals surface area contributed by atoms with E-state index in [0.717, 1.165) is 0 Å². The van der Waals surface area contributed by atoms with Crippen LogP contribution in [0.4, 0.5) is 0 Å². The summed E-state index contributed by atoms with van der Waals surface area (Å²) in [6, 6.07) is 0. The van der Waals surface area contributed by atoms with E-state index >= 15 is 0 Å². The number of rotatable bonds is 0. The van der Waals surface area contributed by atoms with Crippen molar-refractivity contribution in [1.29, 1.82) is 0 Å². The van der Waals surface area contributed by atoms with Crippen molar-refractivity contribution in [1.82, 2.24) is 0 Å². The zero-order valence-corrected chi connectivity index (χ0v) is 11.5. The van der Waals surface area contributed by atoms with Gasteiger partial charge in [0.25, 0.3) is 0 Å². The van der Waals surface area contributed by atoms with Crippen molar-refractivity contribution in [2.45, 2.75) is 0 Å². The summed E-state index contributed by atoms with van der Waals surface area (Å²) in [5.41, 5.74) is 0. The first kappa shape index (κ1) is 31.8. The Labute approximate surface area is 77.6 Å². The Kier molecular flexibility index (Phi) is 142. The fourth-order valence-electron chi connectivity index (χ4n) is 0. The molecular weight excluding hydrogens is 394 g/mol. The predicted octanol–water partition coefficient (Wildman–Crippen LogP) is -0.808. The van der Waals surface area contributed by atoms with Gasteiger partial charge in [-0.2, -0.15) is 13.5 Å². The molecule has 0 unspecified atom stereocenters. The molecule has 0 heterocycles. The van der Waals surface area contributed by atoms with E-state index in [0.29, 0.717) is 0 Å². The molecule has 0 saturated carbocycles. The Bertz CT molecular complexity index is 8.00. The normalized spacial score (nSPS) is 0. The fraction of sp³-hybridized carbons (Fsp3) is 0. The third kappa shape index (κ3) is 8.82. The molecule has 0 bridgehead atoms. The van der Waals surface area contributed by atoms with E-state index in [1.54, 1.807) is 0 Å². The molecule has 0 N–H and O–H groups in total. The first-order chi connectivity index (χ1) is 0. The first-order valence-corrected chi connectivity index (χ1v) is 0. The second-order valence-corrected chi connectivity index (χ2v) is 0. The zero-order chi connectivity index (χ0) is 0. The Morgan fingerprint density at radius 3 is 1.00 bits per heavy atom. The van der Waals surface area contributed by atoms with Crippen molar-refractivity contribution >= 4 is 40.8 Å². The molecule has 0 aromatic heterocycles. The Morgan fingerprint density at radius 1 is 1.00 bits per heavy atom. The number of hydrogen-bond donors (Lipinski definition) is 0. The average molecular weight is 398 g/mol.